The van der Waals surface area contributed by atoms with Crippen molar-refractivity contribution in [2.75, 3.05) is 17.2 Å². The highest BCUT2D eigenvalue weighted by Gasteiger charge is 2.27. The molecule has 0 fully saturated rings. The molecule has 0 saturated heterocycles. The van der Waals surface area contributed by atoms with Crippen molar-refractivity contribution in [3.05, 3.63) is 46.8 Å². The van der Waals surface area contributed by atoms with Gasteiger partial charge in [0.05, 0.1) is 5.69 Å². The molecule has 1 aliphatic heterocycles. The first kappa shape index (κ1) is 15.9. The number of benzene rings is 1. The van der Waals surface area contributed by atoms with Gasteiger partial charge in [0.2, 0.25) is 0 Å². The zero-order valence-corrected chi connectivity index (χ0v) is 14.4. The highest BCUT2D eigenvalue weighted by molar-refractivity contribution is 7.99. The molecule has 1 aromatic carbocycles. The highest BCUT2D eigenvalue weighted by Crippen LogP contribution is 2.34. The van der Waals surface area contributed by atoms with E-state index in [1.54, 1.807) is 11.8 Å². The van der Waals surface area contributed by atoms with Crippen molar-refractivity contribution >= 4 is 29.1 Å². The van der Waals surface area contributed by atoms with Crippen molar-refractivity contribution in [2.24, 2.45) is 0 Å². The van der Waals surface area contributed by atoms with Crippen LogP contribution < -0.4 is 4.90 Å². The quantitative estimate of drug-likeness (QED) is 0.849. The number of aromatic nitrogens is 1. The van der Waals surface area contributed by atoms with E-state index in [-0.39, 0.29) is 11.7 Å². The number of para-hydroxylation sites is 1. The third-order valence-corrected chi connectivity index (χ3v) is 5.34. The molecular weight excluding hydrogens is 308 g/mol. The van der Waals surface area contributed by atoms with Gasteiger partial charge >= 0.3 is 0 Å². The number of ketones is 1. The largest absolute Gasteiger partial charge is 0.354 e. The van der Waals surface area contributed by atoms with Gasteiger partial charge < -0.3 is 9.88 Å². The van der Waals surface area contributed by atoms with Gasteiger partial charge in [0, 0.05) is 22.7 Å². The first-order valence-electron chi connectivity index (χ1n) is 7.74. The topological polar surface area (TPSA) is 53.2 Å². The lowest BCUT2D eigenvalue weighted by atomic mass is 10.1. The van der Waals surface area contributed by atoms with E-state index in [0.717, 1.165) is 34.0 Å². The highest BCUT2D eigenvalue weighted by atomic mass is 32.2. The summed E-state index contributed by atoms with van der Waals surface area (Å²) in [5.74, 6) is 0.928. The van der Waals surface area contributed by atoms with Crippen LogP contribution in [0.5, 0.6) is 0 Å². The minimum atomic E-state index is -0.0620. The number of Topliss-reactive ketones (excluding diaryl/α,β-unsaturated/α-hetero) is 1. The zero-order chi connectivity index (χ0) is 16.6. The molecule has 2 heterocycles. The van der Waals surface area contributed by atoms with Crippen LogP contribution in [0.25, 0.3) is 0 Å². The molecule has 0 aliphatic carbocycles. The van der Waals surface area contributed by atoms with Gasteiger partial charge in [-0.1, -0.05) is 12.1 Å². The van der Waals surface area contributed by atoms with Crippen molar-refractivity contribution < 1.29 is 9.59 Å². The summed E-state index contributed by atoms with van der Waals surface area (Å²) < 4.78 is 0. The van der Waals surface area contributed by atoms with E-state index in [2.05, 4.69) is 11.1 Å². The fraction of sp³-hybridized carbons (Fsp3) is 0.333. The van der Waals surface area contributed by atoms with Gasteiger partial charge in [-0.05, 0) is 50.6 Å². The van der Waals surface area contributed by atoms with Gasteiger partial charge in [-0.3, -0.25) is 9.59 Å². The SMILES string of the molecule is CC(=O)c1c(C)[nH]c(C(=O)N2CCCSc3ccccc32)c1C. The number of hydrogen-bond acceptors (Lipinski definition) is 3. The maximum absolute atomic E-state index is 13.1. The van der Waals surface area contributed by atoms with Crippen molar-refractivity contribution in [2.45, 2.75) is 32.1 Å². The number of aryl methyl sites for hydroxylation is 1. The second-order valence-electron chi connectivity index (χ2n) is 5.81. The summed E-state index contributed by atoms with van der Waals surface area (Å²) in [6, 6.07) is 8.00. The normalized spacial score (nSPS) is 14.3. The van der Waals surface area contributed by atoms with Crippen LogP contribution >= 0.6 is 11.8 Å². The number of amides is 1. The Hall–Kier alpha value is -2.01. The van der Waals surface area contributed by atoms with Crippen molar-refractivity contribution in [1.82, 2.24) is 4.98 Å². The number of carbonyl (C=O) groups is 2. The standard InChI is InChI=1S/C18H20N2O2S/c1-11-16(13(3)21)12(2)19-17(11)18(22)20-9-6-10-23-15-8-5-4-7-14(15)20/h4-5,7-8,19H,6,9-10H2,1-3H3. The van der Waals surface area contributed by atoms with Crippen LogP contribution in [0.15, 0.2) is 29.2 Å². The smallest absolute Gasteiger partial charge is 0.275 e. The van der Waals surface area contributed by atoms with Gasteiger partial charge in [0.15, 0.2) is 5.78 Å². The number of aromatic amines is 1. The van der Waals surface area contributed by atoms with Crippen LogP contribution in [-0.4, -0.2) is 29.0 Å². The minimum Gasteiger partial charge on any atom is -0.354 e. The van der Waals surface area contributed by atoms with Crippen molar-refractivity contribution in [1.29, 1.82) is 0 Å². The van der Waals surface area contributed by atoms with Crippen LogP contribution in [0.3, 0.4) is 0 Å². The Morgan fingerprint density at radius 1 is 1.22 bits per heavy atom. The predicted molar refractivity (Wildman–Crippen MR) is 93.7 cm³/mol. The lowest BCUT2D eigenvalue weighted by molar-refractivity contribution is 0.0981. The molecule has 0 atom stereocenters. The van der Waals surface area contributed by atoms with Gasteiger partial charge in [-0.15, -0.1) is 11.8 Å². The van der Waals surface area contributed by atoms with E-state index < -0.39 is 0 Å². The Morgan fingerprint density at radius 2 is 1.96 bits per heavy atom. The van der Waals surface area contributed by atoms with E-state index in [1.165, 1.54) is 6.92 Å². The monoisotopic (exact) mass is 328 g/mol. The molecular formula is C18H20N2O2S. The van der Waals surface area contributed by atoms with Crippen LogP contribution in [0.2, 0.25) is 0 Å². The molecule has 23 heavy (non-hydrogen) atoms. The molecule has 3 rings (SSSR count). The molecule has 4 nitrogen and oxygen atoms in total. The Balaban J connectivity index is 2.04. The van der Waals surface area contributed by atoms with E-state index in [1.807, 2.05) is 36.9 Å². The number of rotatable bonds is 2. The van der Waals surface area contributed by atoms with Gasteiger partial charge in [0.25, 0.3) is 5.91 Å². The Morgan fingerprint density at radius 3 is 2.65 bits per heavy atom. The van der Waals surface area contributed by atoms with E-state index in [0.29, 0.717) is 17.8 Å². The average Bonchev–Trinajstić information content (AvgIpc) is 2.70. The maximum atomic E-state index is 13.1. The molecule has 0 unspecified atom stereocenters. The van der Waals surface area contributed by atoms with Crippen molar-refractivity contribution in [3.63, 3.8) is 0 Å². The Bertz CT molecular complexity index is 779. The Kier molecular flexibility index (Phi) is 4.31. The minimum absolute atomic E-state index is 0.0119. The summed E-state index contributed by atoms with van der Waals surface area (Å²) in [6.07, 6.45) is 0.948. The van der Waals surface area contributed by atoms with Crippen LogP contribution in [0.4, 0.5) is 5.69 Å². The van der Waals surface area contributed by atoms with Crippen LogP contribution in [0, 0.1) is 13.8 Å². The summed E-state index contributed by atoms with van der Waals surface area (Å²) in [7, 11) is 0. The number of hydrogen-bond donors (Lipinski definition) is 1. The summed E-state index contributed by atoms with van der Waals surface area (Å²) in [4.78, 5) is 31.0. The molecule has 120 valence electrons. The van der Waals surface area contributed by atoms with Gasteiger partial charge in [0.1, 0.15) is 5.69 Å². The van der Waals surface area contributed by atoms with E-state index in [4.69, 9.17) is 0 Å². The molecule has 2 aromatic rings. The number of nitrogens with zero attached hydrogens (tertiary/aromatic N) is 1. The number of thioether (sulfide) groups is 1. The third kappa shape index (κ3) is 2.81. The second kappa shape index (κ2) is 6.24. The summed E-state index contributed by atoms with van der Waals surface area (Å²) in [5, 5.41) is 0. The second-order valence-corrected chi connectivity index (χ2v) is 6.94. The first-order valence-corrected chi connectivity index (χ1v) is 8.73. The molecule has 0 saturated carbocycles. The lowest BCUT2D eigenvalue weighted by Crippen LogP contribution is -2.32. The molecule has 1 N–H and O–H groups in total. The summed E-state index contributed by atoms with van der Waals surface area (Å²) >= 11 is 1.79. The molecule has 0 bridgehead atoms. The third-order valence-electron chi connectivity index (χ3n) is 4.19. The molecule has 0 radical (unpaired) electrons. The van der Waals surface area contributed by atoms with Gasteiger partial charge in [-0.2, -0.15) is 0 Å². The molecule has 1 amide bonds. The number of H-pyrrole nitrogens is 1. The van der Waals surface area contributed by atoms with Crippen molar-refractivity contribution in [3.8, 4) is 0 Å². The predicted octanol–water partition coefficient (Wildman–Crippen LogP) is 3.98. The lowest BCUT2D eigenvalue weighted by Gasteiger charge is -2.22. The molecule has 1 aromatic heterocycles. The number of anilines is 1. The van der Waals surface area contributed by atoms with E-state index >= 15 is 0 Å². The first-order chi connectivity index (χ1) is 11.0. The maximum Gasteiger partial charge on any atom is 0.275 e. The zero-order valence-electron chi connectivity index (χ0n) is 13.6. The molecule has 1 aliphatic rings. The summed E-state index contributed by atoms with van der Waals surface area (Å²) in [6.45, 7) is 5.91. The van der Waals surface area contributed by atoms with Gasteiger partial charge in [-0.25, -0.2) is 0 Å². The fourth-order valence-electron chi connectivity index (χ4n) is 3.17. The Labute approximate surface area is 140 Å². The number of nitrogens with one attached hydrogen (secondary N) is 1. The number of fused-ring (bicyclic) bond motifs is 1. The number of carbonyl (C=O) groups excluding carboxylic acids is 2. The fourth-order valence-corrected chi connectivity index (χ4v) is 4.16. The average molecular weight is 328 g/mol. The summed E-state index contributed by atoms with van der Waals surface area (Å²) in [5.41, 5.74) is 3.61. The molecule has 5 heteroatoms. The molecule has 0 spiro atoms. The van der Waals surface area contributed by atoms with E-state index in [9.17, 15) is 9.59 Å². The van der Waals surface area contributed by atoms with Crippen LogP contribution in [0.1, 0.15) is 45.4 Å². The van der Waals surface area contributed by atoms with Crippen LogP contribution in [-0.2, 0) is 0 Å².